The summed E-state index contributed by atoms with van der Waals surface area (Å²) in [6.07, 6.45) is 7.10. The number of amidine groups is 2. The summed E-state index contributed by atoms with van der Waals surface area (Å²) in [7, 11) is 3.18. The van der Waals surface area contributed by atoms with Crippen molar-refractivity contribution in [3.05, 3.63) is 147 Å². The van der Waals surface area contributed by atoms with Gasteiger partial charge in [0.15, 0.2) is 11.7 Å². The zero-order valence-corrected chi connectivity index (χ0v) is 33.0. The number of benzene rings is 2. The van der Waals surface area contributed by atoms with Crippen LogP contribution in [0.25, 0.3) is 5.69 Å². The fraction of sp³-hybridized carbons (Fsp3) is 0.250. The third-order valence-electron chi connectivity index (χ3n) is 8.64. The molecule has 0 saturated carbocycles. The van der Waals surface area contributed by atoms with Crippen LogP contribution in [0.3, 0.4) is 0 Å². The molecule has 0 bridgehead atoms. The highest BCUT2D eigenvalue weighted by Crippen LogP contribution is 2.28. The van der Waals surface area contributed by atoms with Crippen molar-refractivity contribution in [1.29, 1.82) is 0 Å². The molecular formula is C40H43BrN10O4. The SMILES string of the molecule is COc1nc(C2=NC(c3ccccc3C)CON2)ccc1-n1cnc(C)c1.COc1nc(C2=NC(c3ccccc3C)CON2)ccc1Br.Cc1cnc[nH]1. The number of aromatic nitrogens is 6. The number of H-pyrrole nitrogens is 1. The van der Waals surface area contributed by atoms with Crippen LogP contribution < -0.4 is 20.4 Å². The molecular weight excluding hydrogens is 764 g/mol. The van der Waals surface area contributed by atoms with Crippen molar-refractivity contribution in [1.82, 2.24) is 40.4 Å². The number of ether oxygens (including phenoxy) is 2. The summed E-state index contributed by atoms with van der Waals surface area (Å²) in [6.45, 7) is 9.02. The van der Waals surface area contributed by atoms with E-state index in [1.165, 1.54) is 11.1 Å². The highest BCUT2D eigenvalue weighted by Gasteiger charge is 2.23. The number of nitrogens with one attached hydrogen (secondary N) is 3. The molecule has 0 radical (unpaired) electrons. The van der Waals surface area contributed by atoms with Crippen LogP contribution in [0.5, 0.6) is 11.8 Å². The third kappa shape index (κ3) is 9.81. The van der Waals surface area contributed by atoms with Gasteiger partial charge in [0.1, 0.15) is 42.4 Å². The largest absolute Gasteiger partial charge is 0.480 e. The Kier molecular flexibility index (Phi) is 13.0. The maximum absolute atomic E-state index is 5.57. The lowest BCUT2D eigenvalue weighted by Gasteiger charge is -2.23. The number of aromatic amines is 1. The highest BCUT2D eigenvalue weighted by atomic mass is 79.9. The zero-order chi connectivity index (χ0) is 38.7. The Morgan fingerprint density at radius 2 is 1.29 bits per heavy atom. The van der Waals surface area contributed by atoms with Gasteiger partial charge >= 0.3 is 0 Å². The number of aliphatic imine (C=N–C) groups is 2. The minimum absolute atomic E-state index is 0.0473. The lowest BCUT2D eigenvalue weighted by atomic mass is 10.0. The number of hydroxylamine groups is 2. The van der Waals surface area contributed by atoms with Crippen molar-refractivity contribution in [2.75, 3.05) is 27.4 Å². The molecule has 55 heavy (non-hydrogen) atoms. The van der Waals surface area contributed by atoms with E-state index < -0.39 is 0 Å². The van der Waals surface area contributed by atoms with Crippen molar-refractivity contribution in [2.45, 2.75) is 39.8 Å². The number of hydrogen-bond acceptors (Lipinski definition) is 12. The molecule has 6 heterocycles. The molecule has 2 aromatic carbocycles. The summed E-state index contributed by atoms with van der Waals surface area (Å²) in [4.78, 5) is 40.5. The zero-order valence-electron chi connectivity index (χ0n) is 31.4. The molecule has 6 aromatic rings. The molecule has 4 aromatic heterocycles. The summed E-state index contributed by atoms with van der Waals surface area (Å²) in [5.74, 6) is 2.19. The Balaban J connectivity index is 0.000000165. The molecule has 3 N–H and O–H groups in total. The van der Waals surface area contributed by atoms with Gasteiger partial charge in [0, 0.05) is 18.1 Å². The Bertz CT molecular complexity index is 2260. The van der Waals surface area contributed by atoms with E-state index in [2.05, 4.69) is 89.9 Å². The van der Waals surface area contributed by atoms with Gasteiger partial charge < -0.3 is 19.0 Å². The van der Waals surface area contributed by atoms with Crippen molar-refractivity contribution in [3.63, 3.8) is 0 Å². The van der Waals surface area contributed by atoms with E-state index in [4.69, 9.17) is 29.1 Å². The molecule has 0 aliphatic carbocycles. The molecule has 15 heteroatoms. The second-order valence-electron chi connectivity index (χ2n) is 12.6. The smallest absolute Gasteiger partial charge is 0.238 e. The number of rotatable bonds is 7. The maximum atomic E-state index is 5.57. The summed E-state index contributed by atoms with van der Waals surface area (Å²) in [5.41, 5.74) is 14.6. The monoisotopic (exact) mass is 806 g/mol. The molecule has 0 fully saturated rings. The summed E-state index contributed by atoms with van der Waals surface area (Å²) < 4.78 is 13.4. The Morgan fingerprint density at radius 1 is 0.727 bits per heavy atom. The maximum Gasteiger partial charge on any atom is 0.238 e. The van der Waals surface area contributed by atoms with E-state index in [0.29, 0.717) is 48.0 Å². The molecule has 2 unspecified atom stereocenters. The number of imidazole rings is 2. The predicted molar refractivity (Wildman–Crippen MR) is 214 cm³/mol. The van der Waals surface area contributed by atoms with Gasteiger partial charge in [0.25, 0.3) is 0 Å². The second-order valence-corrected chi connectivity index (χ2v) is 13.5. The standard InChI is InChI=1S/C20H21N5O2.C16H16BrN3O2.C4H6N2/c1-13-6-4-5-7-15(13)17-11-27-24-19(22-17)16-8-9-18(20(23-16)26-3)25-10-14(2)21-12-25;1-10-5-3-4-6-11(10)14-9-22-20-15(18-14)13-8-7-12(17)16(19-13)21-2;1-4-2-5-3-6-4/h4-10,12,17H,11H2,1-3H3,(H,22,24);3-8,14H,9H2,1-2H3,(H,18,20);2-3H,1H3,(H,5,6). The van der Waals surface area contributed by atoms with E-state index >= 15 is 0 Å². The van der Waals surface area contributed by atoms with Gasteiger partial charge in [0.05, 0.1) is 37.0 Å². The van der Waals surface area contributed by atoms with Crippen LogP contribution in [0, 0.1) is 27.7 Å². The topological polar surface area (TPSA) is 158 Å². The summed E-state index contributed by atoms with van der Waals surface area (Å²) >= 11 is 3.39. The quantitative estimate of drug-likeness (QED) is 0.156. The molecule has 0 spiro atoms. The number of methoxy groups -OCH3 is 2. The van der Waals surface area contributed by atoms with E-state index in [9.17, 15) is 0 Å². The van der Waals surface area contributed by atoms with Crippen molar-refractivity contribution in [2.24, 2.45) is 9.98 Å². The second kappa shape index (κ2) is 18.4. The average molecular weight is 808 g/mol. The fourth-order valence-corrected chi connectivity index (χ4v) is 6.16. The molecule has 14 nitrogen and oxygen atoms in total. The fourth-order valence-electron chi connectivity index (χ4n) is 5.78. The first-order valence-corrected chi connectivity index (χ1v) is 18.3. The molecule has 8 rings (SSSR count). The molecule has 2 aliphatic heterocycles. The number of aryl methyl sites for hydroxylation is 4. The van der Waals surface area contributed by atoms with Crippen LogP contribution in [0.4, 0.5) is 0 Å². The van der Waals surface area contributed by atoms with Gasteiger partial charge in [-0.15, -0.1) is 0 Å². The Hall–Kier alpha value is -5.90. The van der Waals surface area contributed by atoms with Crippen LogP contribution in [0.15, 0.2) is 112 Å². The first kappa shape index (κ1) is 38.8. The Labute approximate surface area is 328 Å². The van der Waals surface area contributed by atoms with Crippen LogP contribution in [-0.2, 0) is 9.68 Å². The van der Waals surface area contributed by atoms with Gasteiger partial charge in [0.2, 0.25) is 11.8 Å². The normalized spacial score (nSPS) is 16.1. The van der Waals surface area contributed by atoms with Gasteiger partial charge in [-0.1, -0.05) is 48.5 Å². The number of pyridine rings is 2. The van der Waals surface area contributed by atoms with Crippen molar-refractivity contribution in [3.8, 4) is 17.4 Å². The molecule has 0 saturated heterocycles. The molecule has 284 valence electrons. The highest BCUT2D eigenvalue weighted by molar-refractivity contribution is 9.10. The van der Waals surface area contributed by atoms with Gasteiger partial charge in [-0.2, -0.15) is 0 Å². The lowest BCUT2D eigenvalue weighted by Crippen LogP contribution is -2.33. The van der Waals surface area contributed by atoms with E-state index in [0.717, 1.165) is 32.7 Å². The number of hydrogen-bond donors (Lipinski definition) is 3. The summed E-state index contributed by atoms with van der Waals surface area (Å²) in [5, 5.41) is 0. The average Bonchev–Trinajstić information content (AvgIpc) is 3.89. The molecule has 2 aliphatic rings. The van der Waals surface area contributed by atoms with E-state index in [-0.39, 0.29) is 12.1 Å². The summed E-state index contributed by atoms with van der Waals surface area (Å²) in [6, 6.07) is 23.8. The third-order valence-corrected chi connectivity index (χ3v) is 9.24. The molecule has 2 atom stereocenters. The van der Waals surface area contributed by atoms with Crippen molar-refractivity contribution >= 4 is 27.6 Å². The van der Waals surface area contributed by atoms with Crippen molar-refractivity contribution < 1.29 is 19.1 Å². The van der Waals surface area contributed by atoms with Crippen LogP contribution in [0.1, 0.15) is 57.1 Å². The Morgan fingerprint density at radius 3 is 1.76 bits per heavy atom. The van der Waals surface area contributed by atoms with Gasteiger partial charge in [-0.3, -0.25) is 19.7 Å². The minimum Gasteiger partial charge on any atom is -0.480 e. The number of nitrogens with zero attached hydrogens (tertiary/aromatic N) is 7. The predicted octanol–water partition coefficient (Wildman–Crippen LogP) is 6.82. The first-order chi connectivity index (χ1) is 26.7. The van der Waals surface area contributed by atoms with E-state index in [1.807, 2.05) is 73.1 Å². The number of halogens is 1. The lowest BCUT2D eigenvalue weighted by molar-refractivity contribution is 0.0619. The minimum atomic E-state index is -0.0776. The van der Waals surface area contributed by atoms with Crippen LogP contribution in [0.2, 0.25) is 0 Å². The van der Waals surface area contributed by atoms with E-state index in [1.54, 1.807) is 33.1 Å². The first-order valence-electron chi connectivity index (χ1n) is 17.5. The van der Waals surface area contributed by atoms with Crippen LogP contribution >= 0.6 is 15.9 Å². The van der Waals surface area contributed by atoms with Crippen LogP contribution in [-0.4, -0.2) is 68.6 Å². The molecule has 0 amide bonds. The van der Waals surface area contributed by atoms with Gasteiger partial charge in [-0.05, 0) is 90.1 Å². The van der Waals surface area contributed by atoms with Gasteiger partial charge in [-0.25, -0.2) is 30.9 Å².